The maximum absolute atomic E-state index is 11.9. The van der Waals surface area contributed by atoms with Crippen molar-refractivity contribution in [2.24, 2.45) is 5.92 Å². The molecule has 0 unspecified atom stereocenters. The second kappa shape index (κ2) is 6.58. The van der Waals surface area contributed by atoms with Gasteiger partial charge in [0.2, 0.25) is 5.91 Å². The standard InChI is InChI=1S/C13H21N3O4/c17-11(15-5-1-2-6-15)8-14-13(20)16-7-3-4-10(9-16)12(18)19/h10H,1-9H2,(H,14,20)(H,18,19)/t10-/m1/s1. The monoisotopic (exact) mass is 283 g/mol. The summed E-state index contributed by atoms with van der Waals surface area (Å²) in [5, 5.41) is 11.6. The van der Waals surface area contributed by atoms with Gasteiger partial charge in [0.1, 0.15) is 0 Å². The van der Waals surface area contributed by atoms with E-state index < -0.39 is 11.9 Å². The molecule has 2 aliphatic rings. The Morgan fingerprint density at radius 1 is 1.05 bits per heavy atom. The lowest BCUT2D eigenvalue weighted by atomic mass is 9.99. The molecule has 112 valence electrons. The highest BCUT2D eigenvalue weighted by atomic mass is 16.4. The molecule has 0 aliphatic carbocycles. The number of carboxylic acids is 1. The van der Waals surface area contributed by atoms with Crippen molar-refractivity contribution in [3.8, 4) is 0 Å². The number of hydrogen-bond acceptors (Lipinski definition) is 3. The van der Waals surface area contributed by atoms with Crippen LogP contribution in [-0.2, 0) is 9.59 Å². The third-order valence-electron chi connectivity index (χ3n) is 3.91. The molecule has 2 aliphatic heterocycles. The number of nitrogens with zero attached hydrogens (tertiary/aromatic N) is 2. The predicted molar refractivity (Wildman–Crippen MR) is 71.1 cm³/mol. The molecule has 0 aromatic rings. The molecule has 2 N–H and O–H groups in total. The fourth-order valence-electron chi connectivity index (χ4n) is 2.70. The van der Waals surface area contributed by atoms with Crippen molar-refractivity contribution in [1.82, 2.24) is 15.1 Å². The molecule has 0 aromatic carbocycles. The van der Waals surface area contributed by atoms with E-state index >= 15 is 0 Å². The zero-order valence-corrected chi connectivity index (χ0v) is 11.5. The number of rotatable bonds is 3. The molecule has 0 aromatic heterocycles. The molecule has 7 heteroatoms. The molecule has 20 heavy (non-hydrogen) atoms. The third-order valence-corrected chi connectivity index (χ3v) is 3.91. The van der Waals surface area contributed by atoms with E-state index in [4.69, 9.17) is 5.11 Å². The summed E-state index contributed by atoms with van der Waals surface area (Å²) in [6.07, 6.45) is 3.33. The Hall–Kier alpha value is -1.79. The first-order chi connectivity index (χ1) is 9.58. The summed E-state index contributed by atoms with van der Waals surface area (Å²) in [5.41, 5.74) is 0. The lowest BCUT2D eigenvalue weighted by Crippen LogP contribution is -2.49. The van der Waals surface area contributed by atoms with Gasteiger partial charge in [0.25, 0.3) is 0 Å². The van der Waals surface area contributed by atoms with Gasteiger partial charge in [0, 0.05) is 26.2 Å². The summed E-state index contributed by atoms with van der Waals surface area (Å²) in [4.78, 5) is 37.9. The maximum atomic E-state index is 11.9. The van der Waals surface area contributed by atoms with Gasteiger partial charge < -0.3 is 20.2 Å². The van der Waals surface area contributed by atoms with E-state index in [0.717, 1.165) is 25.9 Å². The highest BCUT2D eigenvalue weighted by molar-refractivity contribution is 5.84. The van der Waals surface area contributed by atoms with Gasteiger partial charge in [-0.3, -0.25) is 9.59 Å². The molecule has 0 spiro atoms. The minimum Gasteiger partial charge on any atom is -0.481 e. The molecule has 3 amide bonds. The van der Waals surface area contributed by atoms with E-state index in [0.29, 0.717) is 19.4 Å². The van der Waals surface area contributed by atoms with Crippen LogP contribution in [0.3, 0.4) is 0 Å². The average molecular weight is 283 g/mol. The summed E-state index contributed by atoms with van der Waals surface area (Å²) in [6.45, 7) is 2.29. The molecule has 0 radical (unpaired) electrons. The van der Waals surface area contributed by atoms with Gasteiger partial charge >= 0.3 is 12.0 Å². The second-order valence-corrected chi connectivity index (χ2v) is 5.37. The van der Waals surface area contributed by atoms with Crippen molar-refractivity contribution in [3.63, 3.8) is 0 Å². The summed E-state index contributed by atoms with van der Waals surface area (Å²) >= 11 is 0. The van der Waals surface area contributed by atoms with Crippen LogP contribution in [0.4, 0.5) is 4.79 Å². The highest BCUT2D eigenvalue weighted by Gasteiger charge is 2.28. The van der Waals surface area contributed by atoms with Gasteiger partial charge in [0.05, 0.1) is 12.5 Å². The van der Waals surface area contributed by atoms with Crippen LogP contribution in [0.25, 0.3) is 0 Å². The van der Waals surface area contributed by atoms with Gasteiger partial charge in [-0.2, -0.15) is 0 Å². The summed E-state index contributed by atoms with van der Waals surface area (Å²) in [7, 11) is 0. The van der Waals surface area contributed by atoms with Crippen molar-refractivity contribution >= 4 is 17.9 Å². The van der Waals surface area contributed by atoms with E-state index in [2.05, 4.69) is 5.32 Å². The smallest absolute Gasteiger partial charge is 0.317 e. The minimum atomic E-state index is -0.865. The Morgan fingerprint density at radius 2 is 1.70 bits per heavy atom. The molecule has 1 atom stereocenters. The van der Waals surface area contributed by atoms with Crippen molar-refractivity contribution in [3.05, 3.63) is 0 Å². The molecule has 0 bridgehead atoms. The lowest BCUT2D eigenvalue weighted by Gasteiger charge is -2.30. The van der Waals surface area contributed by atoms with Crippen molar-refractivity contribution in [2.75, 3.05) is 32.7 Å². The molecule has 0 saturated carbocycles. The molecule has 2 rings (SSSR count). The number of nitrogens with one attached hydrogen (secondary N) is 1. The number of urea groups is 1. The number of piperidine rings is 1. The van der Waals surface area contributed by atoms with Crippen LogP contribution in [-0.4, -0.2) is 65.5 Å². The molecule has 2 heterocycles. The fraction of sp³-hybridized carbons (Fsp3) is 0.769. The van der Waals surface area contributed by atoms with Gasteiger partial charge in [0.15, 0.2) is 0 Å². The van der Waals surface area contributed by atoms with Crippen LogP contribution >= 0.6 is 0 Å². The van der Waals surface area contributed by atoms with E-state index in [9.17, 15) is 14.4 Å². The van der Waals surface area contributed by atoms with Gasteiger partial charge in [-0.25, -0.2) is 4.79 Å². The Labute approximate surface area is 117 Å². The Balaban J connectivity index is 1.76. The molecular formula is C13H21N3O4. The molecule has 7 nitrogen and oxygen atoms in total. The first-order valence-corrected chi connectivity index (χ1v) is 7.11. The van der Waals surface area contributed by atoms with Crippen molar-refractivity contribution in [1.29, 1.82) is 0 Å². The SMILES string of the molecule is O=C(O)[C@@H]1CCCN(C(=O)NCC(=O)N2CCCC2)C1. The van der Waals surface area contributed by atoms with Crippen molar-refractivity contribution < 1.29 is 19.5 Å². The molecule has 2 saturated heterocycles. The average Bonchev–Trinajstić information content (AvgIpc) is 2.98. The van der Waals surface area contributed by atoms with Crippen LogP contribution in [0, 0.1) is 5.92 Å². The highest BCUT2D eigenvalue weighted by Crippen LogP contribution is 2.16. The fourth-order valence-corrected chi connectivity index (χ4v) is 2.70. The Bertz CT molecular complexity index is 393. The summed E-state index contributed by atoms with van der Waals surface area (Å²) in [5.74, 6) is -1.43. The van der Waals surface area contributed by atoms with Crippen LogP contribution < -0.4 is 5.32 Å². The molecular weight excluding hydrogens is 262 g/mol. The number of aliphatic carboxylic acids is 1. The number of carboxylic acid groups (broad SMARTS) is 1. The number of carbonyl (C=O) groups excluding carboxylic acids is 2. The third kappa shape index (κ3) is 3.61. The van der Waals surface area contributed by atoms with E-state index in [1.54, 1.807) is 4.90 Å². The zero-order valence-electron chi connectivity index (χ0n) is 11.5. The second-order valence-electron chi connectivity index (χ2n) is 5.37. The topological polar surface area (TPSA) is 90.0 Å². The summed E-state index contributed by atoms with van der Waals surface area (Å²) < 4.78 is 0. The van der Waals surface area contributed by atoms with Gasteiger partial charge in [-0.15, -0.1) is 0 Å². The van der Waals surface area contributed by atoms with Crippen LogP contribution in [0.15, 0.2) is 0 Å². The zero-order chi connectivity index (χ0) is 14.5. The van der Waals surface area contributed by atoms with Crippen LogP contribution in [0.1, 0.15) is 25.7 Å². The van der Waals surface area contributed by atoms with Crippen molar-refractivity contribution in [2.45, 2.75) is 25.7 Å². The number of hydrogen-bond donors (Lipinski definition) is 2. The Kier molecular flexibility index (Phi) is 4.81. The van der Waals surface area contributed by atoms with Gasteiger partial charge in [-0.05, 0) is 25.7 Å². The normalized spacial score (nSPS) is 22.7. The number of carbonyl (C=O) groups is 3. The van der Waals surface area contributed by atoms with Gasteiger partial charge in [-0.1, -0.05) is 0 Å². The first kappa shape index (κ1) is 14.6. The first-order valence-electron chi connectivity index (χ1n) is 7.11. The minimum absolute atomic E-state index is 0.00687. The Morgan fingerprint density at radius 3 is 2.35 bits per heavy atom. The largest absolute Gasteiger partial charge is 0.481 e. The maximum Gasteiger partial charge on any atom is 0.317 e. The molecule has 2 fully saturated rings. The lowest BCUT2D eigenvalue weighted by molar-refractivity contribution is -0.143. The quantitative estimate of drug-likeness (QED) is 0.769. The summed E-state index contributed by atoms with van der Waals surface area (Å²) in [6, 6.07) is -0.344. The van der Waals surface area contributed by atoms with Crippen LogP contribution in [0.2, 0.25) is 0 Å². The van der Waals surface area contributed by atoms with E-state index in [1.165, 1.54) is 4.90 Å². The number of amides is 3. The predicted octanol–water partition coefficient (Wildman–Crippen LogP) is 0.115. The van der Waals surface area contributed by atoms with Crippen LogP contribution in [0.5, 0.6) is 0 Å². The van der Waals surface area contributed by atoms with E-state index in [1.807, 2.05) is 0 Å². The number of likely N-dealkylation sites (tertiary alicyclic amines) is 2. The van der Waals surface area contributed by atoms with E-state index in [-0.39, 0.29) is 25.0 Å².